The summed E-state index contributed by atoms with van der Waals surface area (Å²) in [6, 6.07) is 11.6. The van der Waals surface area contributed by atoms with Crippen molar-refractivity contribution in [1.82, 2.24) is 20.3 Å². The van der Waals surface area contributed by atoms with Crippen LogP contribution in [0.15, 0.2) is 48.5 Å². The fourth-order valence-corrected chi connectivity index (χ4v) is 4.06. The van der Waals surface area contributed by atoms with E-state index in [1.54, 1.807) is 19.2 Å². The summed E-state index contributed by atoms with van der Waals surface area (Å²) in [6.45, 7) is 0.995. The van der Waals surface area contributed by atoms with E-state index in [1.165, 1.54) is 0 Å². The normalized spacial score (nSPS) is 15.7. The average Bonchev–Trinajstić information content (AvgIpc) is 3.30. The molecule has 34 heavy (non-hydrogen) atoms. The van der Waals surface area contributed by atoms with E-state index in [2.05, 4.69) is 15.6 Å². The molecule has 1 N–H and O–H groups in total. The standard InChI is InChI=1S/C23H22F4N4O3/c1-33-18-8-2-15(3-9-18)22(10-12-34-13-11-22)14-28-21(32)19-20(23(25,26)27)31(30-29-19)17-6-4-16(24)5-7-17/h2-9H,10-14H2,1H3,(H,28,32). The summed E-state index contributed by atoms with van der Waals surface area (Å²) in [4.78, 5) is 12.9. The van der Waals surface area contributed by atoms with Gasteiger partial charge in [-0.2, -0.15) is 13.2 Å². The average molecular weight is 478 g/mol. The predicted molar refractivity (Wildman–Crippen MR) is 113 cm³/mol. The first-order chi connectivity index (χ1) is 16.2. The Bertz CT molecular complexity index is 1140. The third-order valence-electron chi connectivity index (χ3n) is 5.96. The number of aromatic nitrogens is 3. The molecule has 2 aromatic carbocycles. The second-order valence-electron chi connectivity index (χ2n) is 7.98. The molecule has 1 saturated heterocycles. The van der Waals surface area contributed by atoms with Crippen molar-refractivity contribution in [3.8, 4) is 11.4 Å². The van der Waals surface area contributed by atoms with Crippen molar-refractivity contribution in [3.63, 3.8) is 0 Å². The highest BCUT2D eigenvalue weighted by Gasteiger charge is 2.43. The molecular weight excluding hydrogens is 456 g/mol. The van der Waals surface area contributed by atoms with Gasteiger partial charge in [-0.3, -0.25) is 4.79 Å². The number of ether oxygens (including phenoxy) is 2. The second kappa shape index (κ2) is 9.41. The van der Waals surface area contributed by atoms with Crippen LogP contribution in [0.25, 0.3) is 5.69 Å². The Morgan fingerprint density at radius 1 is 1.12 bits per heavy atom. The number of amides is 1. The lowest BCUT2D eigenvalue weighted by atomic mass is 9.74. The molecule has 0 aliphatic carbocycles. The summed E-state index contributed by atoms with van der Waals surface area (Å²) in [5.41, 5.74) is -1.86. The molecule has 11 heteroatoms. The van der Waals surface area contributed by atoms with Gasteiger partial charge in [-0.05, 0) is 54.8 Å². The molecule has 4 rings (SSSR count). The van der Waals surface area contributed by atoms with Crippen molar-refractivity contribution in [2.45, 2.75) is 24.4 Å². The number of carbonyl (C=O) groups is 1. The van der Waals surface area contributed by atoms with Crippen LogP contribution < -0.4 is 10.1 Å². The summed E-state index contributed by atoms with van der Waals surface area (Å²) in [7, 11) is 1.55. The van der Waals surface area contributed by atoms with E-state index >= 15 is 0 Å². The quantitative estimate of drug-likeness (QED) is 0.544. The largest absolute Gasteiger partial charge is 0.497 e. The third kappa shape index (κ3) is 4.74. The van der Waals surface area contributed by atoms with Gasteiger partial charge in [0, 0.05) is 25.2 Å². The minimum Gasteiger partial charge on any atom is -0.497 e. The van der Waals surface area contributed by atoms with Gasteiger partial charge in [0.1, 0.15) is 11.6 Å². The SMILES string of the molecule is COc1ccc(C2(CNC(=O)c3nnn(-c4ccc(F)cc4)c3C(F)(F)F)CCOCC2)cc1. The number of alkyl halides is 3. The van der Waals surface area contributed by atoms with Crippen LogP contribution in [0, 0.1) is 5.82 Å². The van der Waals surface area contributed by atoms with Gasteiger partial charge in [0.2, 0.25) is 0 Å². The van der Waals surface area contributed by atoms with Crippen LogP contribution in [-0.4, -0.2) is 47.8 Å². The molecule has 0 spiro atoms. The van der Waals surface area contributed by atoms with E-state index in [9.17, 15) is 22.4 Å². The van der Waals surface area contributed by atoms with Crippen LogP contribution in [-0.2, 0) is 16.3 Å². The van der Waals surface area contributed by atoms with Crippen LogP contribution in [0.2, 0.25) is 0 Å². The van der Waals surface area contributed by atoms with E-state index < -0.39 is 34.7 Å². The maximum absolute atomic E-state index is 13.9. The van der Waals surface area contributed by atoms with Gasteiger partial charge in [0.15, 0.2) is 11.4 Å². The monoisotopic (exact) mass is 478 g/mol. The van der Waals surface area contributed by atoms with Crippen LogP contribution >= 0.6 is 0 Å². The first kappa shape index (κ1) is 23.7. The summed E-state index contributed by atoms with van der Waals surface area (Å²) < 4.78 is 66.0. The number of benzene rings is 2. The minimum absolute atomic E-state index is 0.0700. The molecule has 7 nitrogen and oxygen atoms in total. The Hall–Kier alpha value is -3.47. The number of hydrogen-bond donors (Lipinski definition) is 1. The molecule has 3 aromatic rings. The van der Waals surface area contributed by atoms with Crippen molar-refractivity contribution in [3.05, 3.63) is 71.3 Å². The van der Waals surface area contributed by atoms with Crippen LogP contribution in [0.5, 0.6) is 5.75 Å². The second-order valence-corrected chi connectivity index (χ2v) is 7.98. The maximum Gasteiger partial charge on any atom is 0.435 e. The predicted octanol–water partition coefficient (Wildman–Crippen LogP) is 3.91. The van der Waals surface area contributed by atoms with E-state index in [4.69, 9.17) is 9.47 Å². The van der Waals surface area contributed by atoms with Gasteiger partial charge >= 0.3 is 6.18 Å². The van der Waals surface area contributed by atoms with Crippen LogP contribution in [0.3, 0.4) is 0 Å². The highest BCUT2D eigenvalue weighted by Crippen LogP contribution is 2.36. The molecule has 1 aliphatic rings. The Kier molecular flexibility index (Phi) is 6.56. The van der Waals surface area contributed by atoms with Gasteiger partial charge in [-0.25, -0.2) is 9.07 Å². The Labute approximate surface area is 192 Å². The molecule has 0 atom stereocenters. The lowest BCUT2D eigenvalue weighted by molar-refractivity contribution is -0.143. The number of halogens is 4. The van der Waals surface area contributed by atoms with E-state index in [0.717, 1.165) is 29.8 Å². The number of nitrogens with one attached hydrogen (secondary N) is 1. The lowest BCUT2D eigenvalue weighted by Gasteiger charge is -2.38. The highest BCUT2D eigenvalue weighted by atomic mass is 19.4. The summed E-state index contributed by atoms with van der Waals surface area (Å²) >= 11 is 0. The van der Waals surface area contributed by atoms with Gasteiger partial charge in [-0.15, -0.1) is 5.10 Å². The van der Waals surface area contributed by atoms with Crippen molar-refractivity contribution in [2.24, 2.45) is 0 Å². The molecule has 1 aliphatic heterocycles. The minimum atomic E-state index is -4.92. The Morgan fingerprint density at radius 2 is 1.76 bits per heavy atom. The van der Waals surface area contributed by atoms with E-state index in [1.807, 2.05) is 12.1 Å². The van der Waals surface area contributed by atoms with Gasteiger partial charge in [0.25, 0.3) is 5.91 Å². The van der Waals surface area contributed by atoms with Crippen LogP contribution in [0.4, 0.5) is 17.6 Å². The summed E-state index contributed by atoms with van der Waals surface area (Å²) in [5, 5.41) is 9.65. The molecule has 0 bridgehead atoms. The highest BCUT2D eigenvalue weighted by molar-refractivity contribution is 5.93. The van der Waals surface area contributed by atoms with E-state index in [0.29, 0.717) is 36.5 Å². The molecule has 0 radical (unpaired) electrons. The zero-order valence-electron chi connectivity index (χ0n) is 18.2. The van der Waals surface area contributed by atoms with Crippen molar-refractivity contribution < 1.29 is 31.8 Å². The van der Waals surface area contributed by atoms with Crippen molar-refractivity contribution in [2.75, 3.05) is 26.9 Å². The number of methoxy groups -OCH3 is 1. The molecule has 2 heterocycles. The fourth-order valence-electron chi connectivity index (χ4n) is 4.06. The molecule has 1 aromatic heterocycles. The lowest BCUT2D eigenvalue weighted by Crippen LogP contribution is -2.45. The number of nitrogens with zero attached hydrogens (tertiary/aromatic N) is 3. The van der Waals surface area contributed by atoms with E-state index in [-0.39, 0.29) is 12.2 Å². The fraction of sp³-hybridized carbons (Fsp3) is 0.348. The molecule has 180 valence electrons. The zero-order valence-corrected chi connectivity index (χ0v) is 18.2. The molecule has 0 unspecified atom stereocenters. The smallest absolute Gasteiger partial charge is 0.435 e. The van der Waals surface area contributed by atoms with Gasteiger partial charge < -0.3 is 14.8 Å². The maximum atomic E-state index is 13.9. The Balaban J connectivity index is 1.61. The van der Waals surface area contributed by atoms with Crippen LogP contribution in [0.1, 0.15) is 34.6 Å². The molecular formula is C23H22F4N4O3. The molecule has 1 fully saturated rings. The van der Waals surface area contributed by atoms with Gasteiger partial charge in [-0.1, -0.05) is 17.3 Å². The summed E-state index contributed by atoms with van der Waals surface area (Å²) in [5.74, 6) is -0.946. The Morgan fingerprint density at radius 3 is 2.35 bits per heavy atom. The topological polar surface area (TPSA) is 78.3 Å². The number of hydrogen-bond acceptors (Lipinski definition) is 5. The first-order valence-corrected chi connectivity index (χ1v) is 10.5. The van der Waals surface area contributed by atoms with Crippen molar-refractivity contribution in [1.29, 1.82) is 0 Å². The number of rotatable bonds is 6. The third-order valence-corrected chi connectivity index (χ3v) is 5.96. The first-order valence-electron chi connectivity index (χ1n) is 10.5. The van der Waals surface area contributed by atoms with Crippen molar-refractivity contribution >= 4 is 5.91 Å². The summed E-state index contributed by atoms with van der Waals surface area (Å²) in [6.07, 6.45) is -3.76. The van der Waals surface area contributed by atoms with Gasteiger partial charge in [0.05, 0.1) is 12.8 Å². The number of carbonyl (C=O) groups excluding carboxylic acids is 1. The molecule has 0 saturated carbocycles. The molecule has 1 amide bonds. The zero-order chi connectivity index (χ0) is 24.3.